The van der Waals surface area contributed by atoms with Crippen molar-refractivity contribution in [3.63, 3.8) is 0 Å². The lowest BCUT2D eigenvalue weighted by Gasteiger charge is -2.07. The number of rotatable bonds is 4. The van der Waals surface area contributed by atoms with Gasteiger partial charge in [-0.3, -0.25) is 4.79 Å². The largest absolute Gasteiger partial charge is 0.496 e. The summed E-state index contributed by atoms with van der Waals surface area (Å²) in [6, 6.07) is 10.8. The second-order valence-electron chi connectivity index (χ2n) is 4.29. The van der Waals surface area contributed by atoms with Gasteiger partial charge in [0.1, 0.15) is 5.75 Å². The van der Waals surface area contributed by atoms with Gasteiger partial charge in [-0.05, 0) is 40.2 Å². The second kappa shape index (κ2) is 7.42. The molecule has 0 aliphatic carbocycles. The minimum Gasteiger partial charge on any atom is -0.496 e. The minimum atomic E-state index is -0.398. The summed E-state index contributed by atoms with van der Waals surface area (Å²) in [4.78, 5) is 12.1. The van der Waals surface area contributed by atoms with E-state index in [1.807, 2.05) is 24.3 Å². The quantitative estimate of drug-likeness (QED) is 0.445. The molecule has 22 heavy (non-hydrogen) atoms. The Kier molecular flexibility index (Phi) is 5.57. The Balaban J connectivity index is 2.15. The van der Waals surface area contributed by atoms with E-state index < -0.39 is 5.91 Å². The number of halogens is 2. The number of para-hydroxylation sites is 1. The monoisotopic (exact) mass is 425 g/mol. The van der Waals surface area contributed by atoms with Gasteiger partial charge in [-0.1, -0.05) is 28.1 Å². The van der Waals surface area contributed by atoms with Crippen LogP contribution in [-0.4, -0.2) is 19.2 Å². The summed E-state index contributed by atoms with van der Waals surface area (Å²) in [5, 5.41) is 3.94. The number of methoxy groups -OCH3 is 1. The van der Waals surface area contributed by atoms with Gasteiger partial charge in [0, 0.05) is 14.5 Å². The van der Waals surface area contributed by atoms with Crippen LogP contribution in [-0.2, 0) is 0 Å². The Hall–Kier alpha value is -1.86. The predicted octanol–water partition coefficient (Wildman–Crippen LogP) is 3.57. The van der Waals surface area contributed by atoms with E-state index in [9.17, 15) is 4.79 Å². The molecule has 0 fully saturated rings. The third-order valence-electron chi connectivity index (χ3n) is 2.85. The minimum absolute atomic E-state index is 0.332. The van der Waals surface area contributed by atoms with Crippen LogP contribution in [0.25, 0.3) is 0 Å². The van der Waals surface area contributed by atoms with Crippen molar-refractivity contribution in [3.05, 3.63) is 56.5 Å². The Bertz CT molecular complexity index is 733. The molecule has 0 unspecified atom stereocenters. The average molecular weight is 427 g/mol. The average Bonchev–Trinajstić information content (AvgIpc) is 2.51. The lowest BCUT2D eigenvalue weighted by atomic mass is 10.2. The molecule has 2 aromatic carbocycles. The number of carbonyl (C=O) groups is 1. The summed E-state index contributed by atoms with van der Waals surface area (Å²) in [6.07, 6.45) is 1.51. The number of amides is 1. The maximum atomic E-state index is 12.1. The van der Waals surface area contributed by atoms with Crippen LogP contribution < -0.4 is 15.9 Å². The molecule has 2 aromatic rings. The first-order chi connectivity index (χ1) is 10.5. The molecule has 7 heteroatoms. The number of nitrogens with two attached hydrogens (primary N) is 1. The highest BCUT2D eigenvalue weighted by atomic mass is 79.9. The second-order valence-corrected chi connectivity index (χ2v) is 6.06. The molecule has 0 aliphatic rings. The summed E-state index contributed by atoms with van der Waals surface area (Å²) < 4.78 is 6.58. The van der Waals surface area contributed by atoms with Crippen molar-refractivity contribution in [2.75, 3.05) is 12.8 Å². The molecule has 1 amide bonds. The zero-order valence-electron chi connectivity index (χ0n) is 11.6. The number of anilines is 1. The van der Waals surface area contributed by atoms with Crippen molar-refractivity contribution < 1.29 is 9.53 Å². The molecule has 0 atom stereocenters. The third kappa shape index (κ3) is 3.86. The normalized spacial score (nSPS) is 10.7. The van der Waals surface area contributed by atoms with E-state index in [0.717, 1.165) is 10.0 Å². The fraction of sp³-hybridized carbons (Fsp3) is 0.0667. The Labute approximate surface area is 144 Å². The molecule has 0 aliphatic heterocycles. The van der Waals surface area contributed by atoms with E-state index in [1.165, 1.54) is 6.21 Å². The van der Waals surface area contributed by atoms with E-state index in [-0.39, 0.29) is 0 Å². The Morgan fingerprint density at radius 2 is 2.05 bits per heavy atom. The molecule has 114 valence electrons. The maximum Gasteiger partial charge on any atom is 0.273 e. The van der Waals surface area contributed by atoms with Crippen molar-refractivity contribution in [1.82, 2.24) is 5.43 Å². The van der Waals surface area contributed by atoms with Crippen LogP contribution in [0.4, 0.5) is 5.69 Å². The first kappa shape index (κ1) is 16.5. The van der Waals surface area contributed by atoms with Gasteiger partial charge in [-0.25, -0.2) is 5.43 Å². The summed E-state index contributed by atoms with van der Waals surface area (Å²) in [5.74, 6) is 0.274. The third-order valence-corrected chi connectivity index (χ3v) is 3.96. The number of hydrogen-bond acceptors (Lipinski definition) is 4. The van der Waals surface area contributed by atoms with Gasteiger partial charge in [0.25, 0.3) is 5.91 Å². The number of ether oxygens (including phenoxy) is 1. The molecule has 0 bridgehead atoms. The van der Waals surface area contributed by atoms with Gasteiger partial charge in [0.05, 0.1) is 24.6 Å². The van der Waals surface area contributed by atoms with Gasteiger partial charge < -0.3 is 10.5 Å². The highest BCUT2D eigenvalue weighted by Crippen LogP contribution is 2.28. The van der Waals surface area contributed by atoms with Gasteiger partial charge >= 0.3 is 0 Å². The van der Waals surface area contributed by atoms with Gasteiger partial charge in [0.2, 0.25) is 0 Å². The van der Waals surface area contributed by atoms with Crippen LogP contribution in [0.1, 0.15) is 15.9 Å². The van der Waals surface area contributed by atoms with Crippen molar-refractivity contribution in [3.8, 4) is 5.75 Å². The Morgan fingerprint density at radius 1 is 1.32 bits per heavy atom. The molecule has 0 heterocycles. The van der Waals surface area contributed by atoms with Crippen molar-refractivity contribution in [2.24, 2.45) is 5.10 Å². The van der Waals surface area contributed by atoms with Gasteiger partial charge in [-0.2, -0.15) is 5.10 Å². The smallest absolute Gasteiger partial charge is 0.273 e. The van der Waals surface area contributed by atoms with Crippen molar-refractivity contribution >= 4 is 49.7 Å². The highest BCUT2D eigenvalue weighted by molar-refractivity contribution is 9.11. The first-order valence-electron chi connectivity index (χ1n) is 6.24. The van der Waals surface area contributed by atoms with E-state index in [1.54, 1.807) is 19.2 Å². The van der Waals surface area contributed by atoms with Gasteiger partial charge in [0.15, 0.2) is 0 Å². The molecule has 3 N–H and O–H groups in total. The van der Waals surface area contributed by atoms with E-state index in [4.69, 9.17) is 10.5 Å². The number of hydrogen-bond donors (Lipinski definition) is 2. The highest BCUT2D eigenvalue weighted by Gasteiger charge is 2.12. The summed E-state index contributed by atoms with van der Waals surface area (Å²) in [7, 11) is 1.57. The summed E-state index contributed by atoms with van der Waals surface area (Å²) >= 11 is 6.62. The number of nitrogens with zero attached hydrogens (tertiary/aromatic N) is 1. The summed E-state index contributed by atoms with van der Waals surface area (Å²) in [5.41, 5.74) is 9.77. The van der Waals surface area contributed by atoms with Crippen LogP contribution in [0.5, 0.6) is 5.75 Å². The lowest BCUT2D eigenvalue weighted by Crippen LogP contribution is -2.19. The Morgan fingerprint density at radius 3 is 2.77 bits per heavy atom. The number of nitrogens with one attached hydrogen (secondary N) is 1. The zero-order valence-corrected chi connectivity index (χ0v) is 14.8. The zero-order chi connectivity index (χ0) is 16.1. The molecule has 2 rings (SSSR count). The lowest BCUT2D eigenvalue weighted by molar-refractivity contribution is 0.0956. The van der Waals surface area contributed by atoms with E-state index in [0.29, 0.717) is 21.5 Å². The van der Waals surface area contributed by atoms with Crippen LogP contribution in [0.3, 0.4) is 0 Å². The standard InChI is InChI=1S/C15H13Br2N3O2/c1-22-13-5-3-2-4-9(13)8-19-20-15(21)11-6-10(16)7-12(17)14(11)18/h2-8H,18H2,1H3,(H,20,21)/b19-8+. The molecule has 0 saturated carbocycles. The molecule has 5 nitrogen and oxygen atoms in total. The van der Waals surface area contributed by atoms with Crippen molar-refractivity contribution in [1.29, 1.82) is 0 Å². The molecule has 0 radical (unpaired) electrons. The molecule has 0 saturated heterocycles. The number of benzene rings is 2. The molecule has 0 aromatic heterocycles. The van der Waals surface area contributed by atoms with Crippen LogP contribution in [0.2, 0.25) is 0 Å². The van der Waals surface area contributed by atoms with Gasteiger partial charge in [-0.15, -0.1) is 0 Å². The molecular weight excluding hydrogens is 414 g/mol. The molecular formula is C15H13Br2N3O2. The fourth-order valence-corrected chi connectivity index (χ4v) is 2.99. The number of hydrazone groups is 1. The maximum absolute atomic E-state index is 12.1. The van der Waals surface area contributed by atoms with Crippen molar-refractivity contribution in [2.45, 2.75) is 0 Å². The van der Waals surface area contributed by atoms with E-state index in [2.05, 4.69) is 42.4 Å². The predicted molar refractivity (Wildman–Crippen MR) is 94.3 cm³/mol. The number of nitrogen functional groups attached to an aromatic ring is 1. The first-order valence-corrected chi connectivity index (χ1v) is 7.82. The summed E-state index contributed by atoms with van der Waals surface area (Å²) in [6.45, 7) is 0. The van der Waals surface area contributed by atoms with Crippen LogP contribution in [0, 0.1) is 0 Å². The van der Waals surface area contributed by atoms with Crippen LogP contribution >= 0.6 is 31.9 Å². The fourth-order valence-electron chi connectivity index (χ4n) is 1.77. The SMILES string of the molecule is COc1ccccc1/C=N/NC(=O)c1cc(Br)cc(Br)c1N. The van der Waals surface area contributed by atoms with Crippen LogP contribution in [0.15, 0.2) is 50.4 Å². The van der Waals surface area contributed by atoms with E-state index >= 15 is 0 Å². The number of carbonyl (C=O) groups excluding carboxylic acids is 1. The topological polar surface area (TPSA) is 76.7 Å². The molecule has 0 spiro atoms.